The molecule has 3 rings (SSSR count). The first-order valence-corrected chi connectivity index (χ1v) is 5.97. The minimum absolute atomic E-state index is 0.321. The predicted octanol–water partition coefficient (Wildman–Crippen LogP) is 4.06. The number of halogens is 2. The van der Waals surface area contributed by atoms with Crippen LogP contribution in [0.15, 0.2) is 48.7 Å². The van der Waals surface area contributed by atoms with Gasteiger partial charge in [-0.2, -0.15) is 0 Å². The van der Waals surface area contributed by atoms with E-state index in [-0.39, 0.29) is 0 Å². The number of H-pyrrole nitrogens is 1. The van der Waals surface area contributed by atoms with Gasteiger partial charge >= 0.3 is 0 Å². The van der Waals surface area contributed by atoms with Gasteiger partial charge in [0.25, 0.3) is 0 Å². The van der Waals surface area contributed by atoms with Crippen molar-refractivity contribution in [1.29, 1.82) is 0 Å². The van der Waals surface area contributed by atoms with Gasteiger partial charge < -0.3 is 10.3 Å². The maximum absolute atomic E-state index is 13.5. The molecular weight excluding hydrogens is 246 g/mol. The molecule has 3 aromatic rings. The molecule has 1 aromatic heterocycles. The van der Waals surface area contributed by atoms with Gasteiger partial charge in [-0.3, -0.25) is 0 Å². The molecule has 0 unspecified atom stereocenters. The van der Waals surface area contributed by atoms with E-state index in [4.69, 9.17) is 0 Å². The van der Waals surface area contributed by atoms with Crippen LogP contribution in [0.1, 0.15) is 5.56 Å². The van der Waals surface area contributed by atoms with Gasteiger partial charge in [0.05, 0.1) is 0 Å². The van der Waals surface area contributed by atoms with E-state index in [1.807, 2.05) is 30.5 Å². The van der Waals surface area contributed by atoms with Gasteiger partial charge in [-0.15, -0.1) is 0 Å². The van der Waals surface area contributed by atoms with E-state index >= 15 is 0 Å². The van der Waals surface area contributed by atoms with Crippen LogP contribution in [0.25, 0.3) is 10.9 Å². The van der Waals surface area contributed by atoms with E-state index in [1.165, 1.54) is 12.1 Å². The van der Waals surface area contributed by atoms with Crippen molar-refractivity contribution in [3.05, 3.63) is 65.9 Å². The molecule has 2 N–H and O–H groups in total. The third kappa shape index (κ3) is 2.42. The van der Waals surface area contributed by atoms with Crippen molar-refractivity contribution in [1.82, 2.24) is 4.98 Å². The van der Waals surface area contributed by atoms with Gasteiger partial charge in [0.1, 0.15) is 11.6 Å². The molecule has 19 heavy (non-hydrogen) atoms. The van der Waals surface area contributed by atoms with E-state index in [2.05, 4.69) is 10.3 Å². The molecule has 0 fully saturated rings. The van der Waals surface area contributed by atoms with E-state index in [9.17, 15) is 8.78 Å². The Morgan fingerprint density at radius 3 is 2.74 bits per heavy atom. The smallest absolute Gasteiger partial charge is 0.131 e. The summed E-state index contributed by atoms with van der Waals surface area (Å²) in [6, 6.07) is 11.4. The van der Waals surface area contributed by atoms with Crippen LogP contribution in [0.3, 0.4) is 0 Å². The normalized spacial score (nSPS) is 10.8. The molecule has 0 aliphatic heterocycles. The summed E-state index contributed by atoms with van der Waals surface area (Å²) in [5.74, 6) is -1.09. The van der Waals surface area contributed by atoms with Crippen LogP contribution in [0, 0.1) is 11.6 Å². The highest BCUT2D eigenvalue weighted by molar-refractivity contribution is 5.82. The van der Waals surface area contributed by atoms with Crippen LogP contribution in [0.2, 0.25) is 0 Å². The average Bonchev–Trinajstić information content (AvgIpc) is 2.85. The molecule has 0 spiro atoms. The van der Waals surface area contributed by atoms with Gasteiger partial charge in [0, 0.05) is 41.0 Å². The fourth-order valence-corrected chi connectivity index (χ4v) is 2.03. The molecule has 0 saturated carbocycles. The Bertz CT molecular complexity index is 719. The lowest BCUT2D eigenvalue weighted by molar-refractivity contribution is 0.574. The molecule has 0 bridgehead atoms. The van der Waals surface area contributed by atoms with Crippen LogP contribution in [-0.2, 0) is 6.54 Å². The summed E-state index contributed by atoms with van der Waals surface area (Å²) in [4.78, 5) is 3.11. The van der Waals surface area contributed by atoms with Gasteiger partial charge in [-0.25, -0.2) is 8.78 Å². The average molecular weight is 258 g/mol. The Morgan fingerprint density at radius 1 is 1.00 bits per heavy atom. The number of benzene rings is 2. The molecule has 0 radical (unpaired) electrons. The summed E-state index contributed by atoms with van der Waals surface area (Å²) in [5, 5.41) is 4.21. The lowest BCUT2D eigenvalue weighted by atomic mass is 10.2. The molecule has 0 saturated heterocycles. The van der Waals surface area contributed by atoms with Gasteiger partial charge in [0.15, 0.2) is 0 Å². The number of aromatic nitrogens is 1. The summed E-state index contributed by atoms with van der Waals surface area (Å²) in [6.45, 7) is 0.321. The second-order valence-electron chi connectivity index (χ2n) is 4.37. The second-order valence-corrected chi connectivity index (χ2v) is 4.37. The maximum atomic E-state index is 13.5. The first-order valence-electron chi connectivity index (χ1n) is 5.97. The zero-order valence-electron chi connectivity index (χ0n) is 10.1. The summed E-state index contributed by atoms with van der Waals surface area (Å²) >= 11 is 0. The van der Waals surface area contributed by atoms with Gasteiger partial charge in [0.2, 0.25) is 0 Å². The van der Waals surface area contributed by atoms with E-state index in [0.29, 0.717) is 12.1 Å². The Hall–Kier alpha value is -2.36. The van der Waals surface area contributed by atoms with Crippen molar-refractivity contribution in [3.8, 4) is 0 Å². The Labute approximate surface area is 109 Å². The molecule has 1 heterocycles. The molecule has 2 aromatic carbocycles. The highest BCUT2D eigenvalue weighted by Crippen LogP contribution is 2.19. The molecule has 0 atom stereocenters. The molecule has 0 aliphatic carbocycles. The fraction of sp³-hybridized carbons (Fsp3) is 0.0667. The molecule has 0 aliphatic rings. The summed E-state index contributed by atoms with van der Waals surface area (Å²) < 4.78 is 26.3. The monoisotopic (exact) mass is 258 g/mol. The molecule has 0 amide bonds. The number of fused-ring (bicyclic) bond motifs is 1. The number of anilines is 1. The zero-order valence-corrected chi connectivity index (χ0v) is 10.1. The number of aromatic amines is 1. The van der Waals surface area contributed by atoms with Crippen molar-refractivity contribution >= 4 is 16.6 Å². The SMILES string of the molecule is Fc1ccc(CNc2ccc3[nH]ccc3c2)c(F)c1. The van der Waals surface area contributed by atoms with Crippen LogP contribution >= 0.6 is 0 Å². The Balaban J connectivity index is 1.77. The number of rotatable bonds is 3. The minimum Gasteiger partial charge on any atom is -0.381 e. The second kappa shape index (κ2) is 4.72. The summed E-state index contributed by atoms with van der Waals surface area (Å²) in [5.41, 5.74) is 2.39. The lowest BCUT2D eigenvalue weighted by Gasteiger charge is -2.07. The van der Waals surface area contributed by atoms with Crippen molar-refractivity contribution in [2.75, 3.05) is 5.32 Å². The van der Waals surface area contributed by atoms with Gasteiger partial charge in [-0.1, -0.05) is 6.07 Å². The van der Waals surface area contributed by atoms with E-state index in [1.54, 1.807) is 0 Å². The predicted molar refractivity (Wildman–Crippen MR) is 72.0 cm³/mol. The Morgan fingerprint density at radius 2 is 1.89 bits per heavy atom. The third-order valence-corrected chi connectivity index (χ3v) is 3.05. The summed E-state index contributed by atoms with van der Waals surface area (Å²) in [7, 11) is 0. The van der Waals surface area contributed by atoms with Gasteiger partial charge in [-0.05, 0) is 30.3 Å². The number of hydrogen-bond donors (Lipinski definition) is 2. The third-order valence-electron chi connectivity index (χ3n) is 3.05. The standard InChI is InChI=1S/C15H12F2N2/c16-12-2-1-11(14(17)8-12)9-19-13-3-4-15-10(7-13)5-6-18-15/h1-8,18-19H,9H2. The fourth-order valence-electron chi connectivity index (χ4n) is 2.03. The lowest BCUT2D eigenvalue weighted by Crippen LogP contribution is -2.02. The summed E-state index contributed by atoms with van der Waals surface area (Å²) in [6.07, 6.45) is 1.87. The molecule has 2 nitrogen and oxygen atoms in total. The van der Waals surface area contributed by atoms with Crippen molar-refractivity contribution in [2.24, 2.45) is 0 Å². The number of hydrogen-bond acceptors (Lipinski definition) is 1. The first kappa shape index (κ1) is 11.7. The quantitative estimate of drug-likeness (QED) is 0.728. The largest absolute Gasteiger partial charge is 0.381 e. The molecular formula is C15H12F2N2. The molecule has 4 heteroatoms. The van der Waals surface area contributed by atoms with Crippen molar-refractivity contribution in [2.45, 2.75) is 6.54 Å². The van der Waals surface area contributed by atoms with Crippen molar-refractivity contribution < 1.29 is 8.78 Å². The van der Waals surface area contributed by atoms with E-state index < -0.39 is 11.6 Å². The molecule has 96 valence electrons. The maximum Gasteiger partial charge on any atom is 0.131 e. The Kier molecular flexibility index (Phi) is 2.91. The highest BCUT2D eigenvalue weighted by Gasteiger charge is 2.04. The van der Waals surface area contributed by atoms with Crippen LogP contribution in [0.4, 0.5) is 14.5 Å². The van der Waals surface area contributed by atoms with Crippen LogP contribution < -0.4 is 5.32 Å². The minimum atomic E-state index is -0.560. The topological polar surface area (TPSA) is 27.8 Å². The van der Waals surface area contributed by atoms with Crippen molar-refractivity contribution in [3.63, 3.8) is 0 Å². The highest BCUT2D eigenvalue weighted by atomic mass is 19.1. The first-order chi connectivity index (χ1) is 9.22. The zero-order chi connectivity index (χ0) is 13.2. The van der Waals surface area contributed by atoms with Crippen LogP contribution in [0.5, 0.6) is 0 Å². The van der Waals surface area contributed by atoms with E-state index in [0.717, 1.165) is 22.7 Å². The number of nitrogens with one attached hydrogen (secondary N) is 2. The van der Waals surface area contributed by atoms with Crippen LogP contribution in [-0.4, -0.2) is 4.98 Å².